The van der Waals surface area contributed by atoms with Gasteiger partial charge in [0.25, 0.3) is 0 Å². The van der Waals surface area contributed by atoms with Crippen molar-refractivity contribution in [3.63, 3.8) is 0 Å². The molecule has 1 heteroatoms. The van der Waals surface area contributed by atoms with Crippen LogP contribution in [0.3, 0.4) is 0 Å². The molecule has 0 aliphatic heterocycles. The third kappa shape index (κ3) is 8.29. The van der Waals surface area contributed by atoms with Crippen molar-refractivity contribution in [1.29, 1.82) is 0 Å². The van der Waals surface area contributed by atoms with E-state index in [2.05, 4.69) is 46.6 Å². The van der Waals surface area contributed by atoms with Gasteiger partial charge in [-0.3, -0.25) is 0 Å². The topological polar surface area (TPSA) is 3.24 Å². The van der Waals surface area contributed by atoms with Gasteiger partial charge >= 0.3 is 0 Å². The van der Waals surface area contributed by atoms with Crippen LogP contribution in [-0.4, -0.2) is 24.0 Å². The number of hydrogen-bond acceptors (Lipinski definition) is 1. The molecule has 0 radical (unpaired) electrons. The van der Waals surface area contributed by atoms with E-state index in [1.54, 1.807) is 0 Å². The molecule has 0 saturated heterocycles. The molecule has 1 nitrogen and oxygen atoms in total. The van der Waals surface area contributed by atoms with Crippen molar-refractivity contribution in [3.05, 3.63) is 0 Å². The monoisotopic (exact) mass is 187 g/mol. The zero-order valence-electron chi connectivity index (χ0n) is 10.9. The second kappa shape index (κ2) is 8.55. The first-order valence-electron chi connectivity index (χ1n) is 5.67. The van der Waals surface area contributed by atoms with Crippen LogP contribution in [0.25, 0.3) is 0 Å². The maximum atomic E-state index is 2.43. The predicted octanol–water partition coefficient (Wildman–Crippen LogP) is 3.79. The standard InChI is InChI=1S/C10H23N.C2H6/c1-8(2)7-10(5)11(6)9(3)4;1-2/h8-10H,7H2,1-6H3;1-2H3. The Balaban J connectivity index is 0. The Hall–Kier alpha value is -0.0400. The van der Waals surface area contributed by atoms with Gasteiger partial charge in [0.2, 0.25) is 0 Å². The van der Waals surface area contributed by atoms with E-state index in [1.807, 2.05) is 13.8 Å². The summed E-state index contributed by atoms with van der Waals surface area (Å²) in [7, 11) is 2.21. The lowest BCUT2D eigenvalue weighted by atomic mass is 10.0. The summed E-state index contributed by atoms with van der Waals surface area (Å²) in [6.07, 6.45) is 1.30. The molecule has 0 aliphatic rings. The van der Waals surface area contributed by atoms with Crippen molar-refractivity contribution in [2.45, 2.75) is 67.0 Å². The van der Waals surface area contributed by atoms with Gasteiger partial charge in [0.1, 0.15) is 0 Å². The fourth-order valence-electron chi connectivity index (χ4n) is 1.36. The summed E-state index contributed by atoms with van der Waals surface area (Å²) in [6.45, 7) is 15.4. The van der Waals surface area contributed by atoms with Crippen LogP contribution in [0.1, 0.15) is 54.9 Å². The van der Waals surface area contributed by atoms with Crippen molar-refractivity contribution in [3.8, 4) is 0 Å². The van der Waals surface area contributed by atoms with Crippen molar-refractivity contribution in [2.24, 2.45) is 5.92 Å². The fraction of sp³-hybridized carbons (Fsp3) is 1.00. The van der Waals surface area contributed by atoms with Crippen LogP contribution < -0.4 is 0 Å². The number of nitrogens with zero attached hydrogens (tertiary/aromatic N) is 1. The Kier molecular flexibility index (Phi) is 10.2. The molecule has 0 bridgehead atoms. The van der Waals surface area contributed by atoms with Crippen molar-refractivity contribution < 1.29 is 0 Å². The van der Waals surface area contributed by atoms with Crippen LogP contribution in [0, 0.1) is 5.92 Å². The van der Waals surface area contributed by atoms with E-state index in [9.17, 15) is 0 Å². The normalized spacial score (nSPS) is 13.2. The molecule has 0 aromatic heterocycles. The van der Waals surface area contributed by atoms with Crippen molar-refractivity contribution in [2.75, 3.05) is 7.05 Å². The van der Waals surface area contributed by atoms with E-state index in [-0.39, 0.29) is 0 Å². The Labute approximate surface area is 85.5 Å². The molecule has 0 N–H and O–H groups in total. The summed E-state index contributed by atoms with van der Waals surface area (Å²) < 4.78 is 0. The Morgan fingerprint density at radius 3 is 1.54 bits per heavy atom. The molecule has 0 aromatic carbocycles. The summed E-state index contributed by atoms with van der Waals surface area (Å²) in [5.74, 6) is 0.811. The van der Waals surface area contributed by atoms with Gasteiger partial charge in [-0.25, -0.2) is 0 Å². The lowest BCUT2D eigenvalue weighted by Gasteiger charge is -2.29. The molecule has 1 unspecified atom stereocenters. The first kappa shape index (κ1) is 15.4. The lowest BCUT2D eigenvalue weighted by molar-refractivity contribution is 0.186. The minimum Gasteiger partial charge on any atom is -0.301 e. The highest BCUT2D eigenvalue weighted by atomic mass is 15.1. The molecule has 0 amide bonds. The summed E-state index contributed by atoms with van der Waals surface area (Å²) in [4.78, 5) is 2.43. The molecular formula is C12H29N. The molecule has 0 fully saturated rings. The highest BCUT2D eigenvalue weighted by molar-refractivity contribution is 4.67. The zero-order chi connectivity index (χ0) is 11.0. The van der Waals surface area contributed by atoms with E-state index in [1.165, 1.54) is 6.42 Å². The largest absolute Gasteiger partial charge is 0.301 e. The smallest absolute Gasteiger partial charge is 0.00690 e. The summed E-state index contributed by atoms with van der Waals surface area (Å²) >= 11 is 0. The number of rotatable bonds is 4. The van der Waals surface area contributed by atoms with E-state index >= 15 is 0 Å². The molecule has 0 rings (SSSR count). The third-order valence-electron chi connectivity index (χ3n) is 2.32. The van der Waals surface area contributed by atoms with Crippen LogP contribution in [0.15, 0.2) is 0 Å². The van der Waals surface area contributed by atoms with Gasteiger partial charge in [0, 0.05) is 12.1 Å². The van der Waals surface area contributed by atoms with E-state index in [4.69, 9.17) is 0 Å². The van der Waals surface area contributed by atoms with E-state index in [0.717, 1.165) is 12.0 Å². The Morgan fingerprint density at radius 2 is 1.31 bits per heavy atom. The molecule has 0 aromatic rings. The van der Waals surface area contributed by atoms with Crippen LogP contribution in [0.5, 0.6) is 0 Å². The molecule has 13 heavy (non-hydrogen) atoms. The summed E-state index contributed by atoms with van der Waals surface area (Å²) in [5.41, 5.74) is 0. The second-order valence-corrected chi connectivity index (χ2v) is 4.24. The maximum absolute atomic E-state index is 2.43. The highest BCUT2D eigenvalue weighted by Gasteiger charge is 2.12. The maximum Gasteiger partial charge on any atom is 0.00690 e. The average Bonchev–Trinajstić information content (AvgIpc) is 2.05. The molecular weight excluding hydrogens is 158 g/mol. The minimum absolute atomic E-state index is 0.670. The summed E-state index contributed by atoms with van der Waals surface area (Å²) in [6, 6.07) is 1.39. The quantitative estimate of drug-likeness (QED) is 0.647. The Bertz CT molecular complexity index is 97.3. The van der Waals surface area contributed by atoms with Crippen LogP contribution in [0.4, 0.5) is 0 Å². The average molecular weight is 187 g/mol. The van der Waals surface area contributed by atoms with Crippen LogP contribution in [-0.2, 0) is 0 Å². The molecule has 1 atom stereocenters. The van der Waals surface area contributed by atoms with Crippen molar-refractivity contribution in [1.82, 2.24) is 4.90 Å². The van der Waals surface area contributed by atoms with Gasteiger partial charge < -0.3 is 4.90 Å². The second-order valence-electron chi connectivity index (χ2n) is 4.24. The van der Waals surface area contributed by atoms with E-state index in [0.29, 0.717) is 6.04 Å². The molecule has 82 valence electrons. The zero-order valence-corrected chi connectivity index (χ0v) is 10.9. The fourth-order valence-corrected chi connectivity index (χ4v) is 1.36. The van der Waals surface area contributed by atoms with Gasteiger partial charge in [-0.15, -0.1) is 0 Å². The van der Waals surface area contributed by atoms with E-state index < -0.39 is 0 Å². The highest BCUT2D eigenvalue weighted by Crippen LogP contribution is 2.11. The lowest BCUT2D eigenvalue weighted by Crippen LogP contribution is -2.35. The molecule has 0 heterocycles. The van der Waals surface area contributed by atoms with Gasteiger partial charge in [-0.1, -0.05) is 27.7 Å². The van der Waals surface area contributed by atoms with Crippen LogP contribution >= 0.6 is 0 Å². The SMILES string of the molecule is CC.CC(C)CC(C)N(C)C(C)C. The molecule has 0 aliphatic carbocycles. The first-order chi connectivity index (χ1) is 5.95. The van der Waals surface area contributed by atoms with Crippen molar-refractivity contribution >= 4 is 0 Å². The predicted molar refractivity (Wildman–Crippen MR) is 63.2 cm³/mol. The van der Waals surface area contributed by atoms with Gasteiger partial charge in [-0.05, 0) is 40.2 Å². The van der Waals surface area contributed by atoms with Gasteiger partial charge in [-0.2, -0.15) is 0 Å². The molecule has 0 saturated carbocycles. The first-order valence-corrected chi connectivity index (χ1v) is 5.67. The van der Waals surface area contributed by atoms with Gasteiger partial charge in [0.15, 0.2) is 0 Å². The molecule has 0 spiro atoms. The van der Waals surface area contributed by atoms with Gasteiger partial charge in [0.05, 0.1) is 0 Å². The third-order valence-corrected chi connectivity index (χ3v) is 2.32. The van der Waals surface area contributed by atoms with Crippen LogP contribution in [0.2, 0.25) is 0 Å². The number of hydrogen-bond donors (Lipinski definition) is 0. The summed E-state index contributed by atoms with van der Waals surface area (Å²) in [5, 5.41) is 0. The Morgan fingerprint density at radius 1 is 0.923 bits per heavy atom. The minimum atomic E-state index is 0.670.